The molecule has 0 fully saturated rings. The normalized spacial score (nSPS) is 13.8. The first-order valence-electron chi connectivity index (χ1n) is 9.28. The fourth-order valence-corrected chi connectivity index (χ4v) is 3.41. The molecule has 0 amide bonds. The molecule has 144 valence electrons. The molecule has 0 saturated carbocycles. The molecule has 3 aromatic carbocycles. The molecule has 1 unspecified atom stereocenters. The standard InChI is InChI=1S/C24H18FNO3/c1-15-22(11-10-20-21(27)12-13-28-23(15)20)29-24(18-6-8-19(25)9-7-18)17-4-2-16(14-26)3-5-17/h2-11,24H,12-13H2,1H3. The summed E-state index contributed by atoms with van der Waals surface area (Å²) in [6, 6.07) is 18.8. The summed E-state index contributed by atoms with van der Waals surface area (Å²) in [6.45, 7) is 2.21. The number of ketones is 1. The summed E-state index contributed by atoms with van der Waals surface area (Å²) >= 11 is 0. The van der Waals surface area contributed by atoms with Gasteiger partial charge in [-0.25, -0.2) is 4.39 Å². The molecule has 1 aliphatic rings. The molecule has 0 radical (unpaired) electrons. The van der Waals surface area contributed by atoms with Gasteiger partial charge in [-0.1, -0.05) is 24.3 Å². The van der Waals surface area contributed by atoms with E-state index in [0.29, 0.717) is 35.7 Å². The fraction of sp³-hybridized carbons (Fsp3) is 0.167. The molecule has 3 aromatic rings. The highest BCUT2D eigenvalue weighted by Crippen LogP contribution is 2.38. The maximum atomic E-state index is 13.4. The SMILES string of the molecule is Cc1c(OC(c2ccc(F)cc2)c2ccc(C#N)cc2)ccc2c1OCCC2=O. The molecule has 1 atom stereocenters. The van der Waals surface area contributed by atoms with Gasteiger partial charge in [-0.05, 0) is 54.4 Å². The van der Waals surface area contributed by atoms with Crippen molar-refractivity contribution < 1.29 is 18.7 Å². The lowest BCUT2D eigenvalue weighted by molar-refractivity contribution is 0.0932. The Morgan fingerprint density at radius 1 is 1.03 bits per heavy atom. The van der Waals surface area contributed by atoms with Crippen molar-refractivity contribution in [1.29, 1.82) is 5.26 Å². The number of halogens is 1. The monoisotopic (exact) mass is 387 g/mol. The van der Waals surface area contributed by atoms with E-state index in [0.717, 1.165) is 16.7 Å². The molecule has 0 N–H and O–H groups in total. The quantitative estimate of drug-likeness (QED) is 0.622. The molecule has 1 heterocycles. The number of fused-ring (bicyclic) bond motifs is 1. The third-order valence-corrected chi connectivity index (χ3v) is 4.99. The van der Waals surface area contributed by atoms with E-state index in [9.17, 15) is 9.18 Å². The molecule has 0 aliphatic carbocycles. The molecule has 5 heteroatoms. The van der Waals surface area contributed by atoms with Crippen molar-refractivity contribution in [1.82, 2.24) is 0 Å². The molecule has 0 bridgehead atoms. The number of Topliss-reactive ketones (excluding diaryl/α,β-unsaturated/α-hetero) is 1. The number of hydrogen-bond donors (Lipinski definition) is 0. The Bertz CT molecular complexity index is 1100. The summed E-state index contributed by atoms with van der Waals surface area (Å²) in [4.78, 5) is 12.1. The van der Waals surface area contributed by atoms with E-state index >= 15 is 0 Å². The maximum absolute atomic E-state index is 13.4. The number of carbonyl (C=O) groups excluding carboxylic acids is 1. The number of ether oxygens (including phenoxy) is 2. The number of carbonyl (C=O) groups is 1. The first-order chi connectivity index (χ1) is 14.1. The van der Waals surface area contributed by atoms with Crippen molar-refractivity contribution in [2.75, 3.05) is 6.61 Å². The average molecular weight is 387 g/mol. The molecule has 29 heavy (non-hydrogen) atoms. The maximum Gasteiger partial charge on any atom is 0.170 e. The first-order valence-corrected chi connectivity index (χ1v) is 9.28. The summed E-state index contributed by atoms with van der Waals surface area (Å²) < 4.78 is 25.5. The zero-order valence-corrected chi connectivity index (χ0v) is 15.8. The predicted molar refractivity (Wildman–Crippen MR) is 106 cm³/mol. The van der Waals surface area contributed by atoms with Crippen molar-refractivity contribution in [3.8, 4) is 17.6 Å². The van der Waals surface area contributed by atoms with Crippen LogP contribution in [0.3, 0.4) is 0 Å². The highest BCUT2D eigenvalue weighted by atomic mass is 19.1. The van der Waals surface area contributed by atoms with Gasteiger partial charge in [0.25, 0.3) is 0 Å². The van der Waals surface area contributed by atoms with Gasteiger partial charge in [-0.15, -0.1) is 0 Å². The van der Waals surface area contributed by atoms with E-state index in [1.54, 1.807) is 36.4 Å². The molecule has 0 saturated heterocycles. The topological polar surface area (TPSA) is 59.3 Å². The first kappa shape index (κ1) is 18.7. The van der Waals surface area contributed by atoms with Gasteiger partial charge in [0.1, 0.15) is 23.4 Å². The highest BCUT2D eigenvalue weighted by Gasteiger charge is 2.24. The molecule has 1 aliphatic heterocycles. The Hall–Kier alpha value is -3.65. The predicted octanol–water partition coefficient (Wildman–Crippen LogP) is 5.14. The summed E-state index contributed by atoms with van der Waals surface area (Å²) in [7, 11) is 0. The minimum atomic E-state index is -0.514. The van der Waals surface area contributed by atoms with Gasteiger partial charge in [-0.2, -0.15) is 5.26 Å². The molecule has 0 spiro atoms. The van der Waals surface area contributed by atoms with Gasteiger partial charge in [0.05, 0.1) is 23.8 Å². The van der Waals surface area contributed by atoms with Crippen LogP contribution >= 0.6 is 0 Å². The molecule has 4 nitrogen and oxygen atoms in total. The van der Waals surface area contributed by atoms with Gasteiger partial charge < -0.3 is 9.47 Å². The Morgan fingerprint density at radius 3 is 2.34 bits per heavy atom. The minimum Gasteiger partial charge on any atom is -0.492 e. The van der Waals surface area contributed by atoms with Crippen molar-refractivity contribution in [2.24, 2.45) is 0 Å². The third kappa shape index (κ3) is 3.70. The van der Waals surface area contributed by atoms with Gasteiger partial charge in [0.2, 0.25) is 0 Å². The summed E-state index contributed by atoms with van der Waals surface area (Å²) in [5.41, 5.74) is 3.45. The number of nitriles is 1. The van der Waals surface area contributed by atoms with E-state index in [2.05, 4.69) is 6.07 Å². The lowest BCUT2D eigenvalue weighted by Crippen LogP contribution is -2.17. The van der Waals surface area contributed by atoms with Crippen LogP contribution in [-0.2, 0) is 0 Å². The summed E-state index contributed by atoms with van der Waals surface area (Å²) in [5.74, 6) is 0.862. The van der Waals surface area contributed by atoms with E-state index in [-0.39, 0.29) is 11.6 Å². The number of benzene rings is 3. The van der Waals surface area contributed by atoms with Gasteiger partial charge in [0, 0.05) is 12.0 Å². The van der Waals surface area contributed by atoms with Crippen LogP contribution < -0.4 is 9.47 Å². The highest BCUT2D eigenvalue weighted by molar-refractivity contribution is 6.00. The average Bonchev–Trinajstić information content (AvgIpc) is 2.75. The van der Waals surface area contributed by atoms with Crippen LogP contribution in [0.5, 0.6) is 11.5 Å². The zero-order chi connectivity index (χ0) is 20.4. The van der Waals surface area contributed by atoms with Crippen LogP contribution in [0.15, 0.2) is 60.7 Å². The summed E-state index contributed by atoms with van der Waals surface area (Å²) in [6.07, 6.45) is -0.143. The van der Waals surface area contributed by atoms with Crippen LogP contribution in [0.4, 0.5) is 4.39 Å². The summed E-state index contributed by atoms with van der Waals surface area (Å²) in [5, 5.41) is 9.06. The Labute approximate surface area is 168 Å². The second kappa shape index (κ2) is 7.76. The van der Waals surface area contributed by atoms with E-state index < -0.39 is 6.10 Å². The smallest absolute Gasteiger partial charge is 0.170 e. The zero-order valence-electron chi connectivity index (χ0n) is 15.8. The lowest BCUT2D eigenvalue weighted by atomic mass is 9.99. The van der Waals surface area contributed by atoms with Crippen LogP contribution in [-0.4, -0.2) is 12.4 Å². The third-order valence-electron chi connectivity index (χ3n) is 4.99. The minimum absolute atomic E-state index is 0.0584. The van der Waals surface area contributed by atoms with Crippen LogP contribution in [0, 0.1) is 24.1 Å². The number of nitrogens with zero attached hydrogens (tertiary/aromatic N) is 1. The Kier molecular flexibility index (Phi) is 5.01. The van der Waals surface area contributed by atoms with Crippen molar-refractivity contribution in [2.45, 2.75) is 19.4 Å². The largest absolute Gasteiger partial charge is 0.492 e. The van der Waals surface area contributed by atoms with Gasteiger partial charge >= 0.3 is 0 Å². The van der Waals surface area contributed by atoms with Gasteiger partial charge in [-0.3, -0.25) is 4.79 Å². The van der Waals surface area contributed by atoms with Crippen LogP contribution in [0.2, 0.25) is 0 Å². The second-order valence-corrected chi connectivity index (χ2v) is 6.87. The second-order valence-electron chi connectivity index (χ2n) is 6.87. The number of hydrogen-bond acceptors (Lipinski definition) is 4. The fourth-order valence-electron chi connectivity index (χ4n) is 3.41. The van der Waals surface area contributed by atoms with Crippen LogP contribution in [0.1, 0.15) is 45.1 Å². The van der Waals surface area contributed by atoms with Crippen LogP contribution in [0.25, 0.3) is 0 Å². The van der Waals surface area contributed by atoms with E-state index in [1.165, 1.54) is 12.1 Å². The molecular weight excluding hydrogens is 369 g/mol. The molecule has 0 aromatic heterocycles. The van der Waals surface area contributed by atoms with Crippen molar-refractivity contribution >= 4 is 5.78 Å². The van der Waals surface area contributed by atoms with Crippen molar-refractivity contribution in [3.63, 3.8) is 0 Å². The van der Waals surface area contributed by atoms with Gasteiger partial charge in [0.15, 0.2) is 5.78 Å². The van der Waals surface area contributed by atoms with E-state index in [1.807, 2.05) is 19.1 Å². The molecular formula is C24H18FNO3. The van der Waals surface area contributed by atoms with Crippen molar-refractivity contribution in [3.05, 3.63) is 94.3 Å². The van der Waals surface area contributed by atoms with E-state index in [4.69, 9.17) is 14.7 Å². The molecule has 4 rings (SSSR count). The Balaban J connectivity index is 1.75. The Morgan fingerprint density at radius 2 is 1.69 bits per heavy atom. The number of rotatable bonds is 4. The lowest BCUT2D eigenvalue weighted by Gasteiger charge is -2.24.